The molecule has 0 saturated carbocycles. The second kappa shape index (κ2) is 3.78. The van der Waals surface area contributed by atoms with Crippen LogP contribution in [0, 0.1) is 17.8 Å². The number of rotatable bonds is 2. The molecule has 0 spiro atoms. The SMILES string of the molecule is CC(C)C1CN(C(C)C)CC1C. The Bertz CT molecular complexity index is 140. The monoisotopic (exact) mass is 169 g/mol. The van der Waals surface area contributed by atoms with E-state index < -0.39 is 0 Å². The normalized spacial score (nSPS) is 32.2. The van der Waals surface area contributed by atoms with Crippen molar-refractivity contribution in [1.29, 1.82) is 0 Å². The predicted octanol–water partition coefficient (Wildman–Crippen LogP) is 2.62. The van der Waals surface area contributed by atoms with E-state index in [9.17, 15) is 0 Å². The van der Waals surface area contributed by atoms with E-state index in [0.29, 0.717) is 0 Å². The van der Waals surface area contributed by atoms with Gasteiger partial charge in [0.15, 0.2) is 0 Å². The average molecular weight is 169 g/mol. The Morgan fingerprint density at radius 1 is 1.08 bits per heavy atom. The number of hydrogen-bond acceptors (Lipinski definition) is 1. The topological polar surface area (TPSA) is 3.24 Å². The van der Waals surface area contributed by atoms with E-state index in [2.05, 4.69) is 39.5 Å². The minimum Gasteiger partial charge on any atom is -0.300 e. The van der Waals surface area contributed by atoms with E-state index in [1.54, 1.807) is 0 Å². The highest BCUT2D eigenvalue weighted by molar-refractivity contribution is 4.84. The molecule has 1 heteroatoms. The molecule has 1 aliphatic heterocycles. The van der Waals surface area contributed by atoms with Crippen molar-refractivity contribution in [2.75, 3.05) is 13.1 Å². The maximum absolute atomic E-state index is 2.61. The van der Waals surface area contributed by atoms with Crippen LogP contribution >= 0.6 is 0 Å². The summed E-state index contributed by atoms with van der Waals surface area (Å²) in [4.78, 5) is 2.61. The van der Waals surface area contributed by atoms with Crippen molar-refractivity contribution in [1.82, 2.24) is 4.90 Å². The van der Waals surface area contributed by atoms with Gasteiger partial charge in [0.05, 0.1) is 0 Å². The molecule has 1 fully saturated rings. The van der Waals surface area contributed by atoms with Crippen LogP contribution < -0.4 is 0 Å². The minimum absolute atomic E-state index is 0.733. The fourth-order valence-corrected chi connectivity index (χ4v) is 2.32. The van der Waals surface area contributed by atoms with Gasteiger partial charge in [-0.15, -0.1) is 0 Å². The Labute approximate surface area is 77.1 Å². The van der Waals surface area contributed by atoms with Crippen LogP contribution in [0.1, 0.15) is 34.6 Å². The van der Waals surface area contributed by atoms with Crippen molar-refractivity contribution in [2.45, 2.75) is 40.7 Å². The molecule has 0 aromatic carbocycles. The first-order chi connectivity index (χ1) is 5.52. The average Bonchev–Trinajstić information content (AvgIpc) is 2.30. The standard InChI is InChI=1S/C11H23N/c1-8(2)11-7-12(9(3)4)6-10(11)5/h8-11H,6-7H2,1-5H3. The van der Waals surface area contributed by atoms with Gasteiger partial charge >= 0.3 is 0 Å². The molecular formula is C11H23N. The van der Waals surface area contributed by atoms with Gasteiger partial charge in [-0.25, -0.2) is 0 Å². The molecule has 1 nitrogen and oxygen atoms in total. The van der Waals surface area contributed by atoms with Gasteiger partial charge in [-0.2, -0.15) is 0 Å². The van der Waals surface area contributed by atoms with E-state index in [0.717, 1.165) is 23.8 Å². The first-order valence-corrected chi connectivity index (χ1v) is 5.26. The minimum atomic E-state index is 0.733. The first-order valence-electron chi connectivity index (χ1n) is 5.26. The fraction of sp³-hybridized carbons (Fsp3) is 1.00. The molecule has 0 amide bonds. The maximum atomic E-state index is 2.61. The van der Waals surface area contributed by atoms with Gasteiger partial charge in [0.25, 0.3) is 0 Å². The lowest BCUT2D eigenvalue weighted by molar-refractivity contribution is 0.253. The highest BCUT2D eigenvalue weighted by atomic mass is 15.2. The summed E-state index contributed by atoms with van der Waals surface area (Å²) in [5.41, 5.74) is 0. The van der Waals surface area contributed by atoms with Gasteiger partial charge in [0, 0.05) is 19.1 Å². The Kier molecular flexibility index (Phi) is 3.16. The number of nitrogens with zero attached hydrogens (tertiary/aromatic N) is 1. The predicted molar refractivity (Wildman–Crippen MR) is 54.2 cm³/mol. The van der Waals surface area contributed by atoms with Crippen molar-refractivity contribution in [3.8, 4) is 0 Å². The summed E-state index contributed by atoms with van der Waals surface area (Å²) in [6.07, 6.45) is 0. The molecule has 2 unspecified atom stereocenters. The lowest BCUT2D eigenvalue weighted by atomic mass is 9.88. The molecule has 12 heavy (non-hydrogen) atoms. The number of hydrogen-bond donors (Lipinski definition) is 0. The van der Waals surface area contributed by atoms with Crippen LogP contribution in [0.4, 0.5) is 0 Å². The zero-order valence-corrected chi connectivity index (χ0v) is 9.17. The second-order valence-electron chi connectivity index (χ2n) is 4.93. The molecule has 1 aliphatic rings. The molecule has 0 aliphatic carbocycles. The largest absolute Gasteiger partial charge is 0.300 e. The van der Waals surface area contributed by atoms with E-state index >= 15 is 0 Å². The van der Waals surface area contributed by atoms with Crippen LogP contribution in [-0.2, 0) is 0 Å². The van der Waals surface area contributed by atoms with Crippen LogP contribution in [0.5, 0.6) is 0 Å². The third-order valence-corrected chi connectivity index (χ3v) is 3.29. The quantitative estimate of drug-likeness (QED) is 0.614. The molecule has 72 valence electrons. The van der Waals surface area contributed by atoms with Crippen molar-refractivity contribution in [3.05, 3.63) is 0 Å². The van der Waals surface area contributed by atoms with E-state index in [1.807, 2.05) is 0 Å². The van der Waals surface area contributed by atoms with Gasteiger partial charge in [-0.1, -0.05) is 20.8 Å². The smallest absolute Gasteiger partial charge is 0.00388 e. The Hall–Kier alpha value is -0.0400. The highest BCUT2D eigenvalue weighted by Gasteiger charge is 2.32. The van der Waals surface area contributed by atoms with Crippen molar-refractivity contribution in [3.63, 3.8) is 0 Å². The molecule has 0 aromatic rings. The summed E-state index contributed by atoms with van der Waals surface area (Å²) >= 11 is 0. The molecule has 2 atom stereocenters. The van der Waals surface area contributed by atoms with Gasteiger partial charge < -0.3 is 4.90 Å². The van der Waals surface area contributed by atoms with Crippen molar-refractivity contribution >= 4 is 0 Å². The van der Waals surface area contributed by atoms with Gasteiger partial charge in [0.1, 0.15) is 0 Å². The molecule has 0 aromatic heterocycles. The van der Waals surface area contributed by atoms with Crippen molar-refractivity contribution < 1.29 is 0 Å². The number of likely N-dealkylation sites (tertiary alicyclic amines) is 1. The molecule has 0 bridgehead atoms. The summed E-state index contributed by atoms with van der Waals surface area (Å²) < 4.78 is 0. The van der Waals surface area contributed by atoms with Crippen LogP contribution in [-0.4, -0.2) is 24.0 Å². The molecular weight excluding hydrogens is 146 g/mol. The molecule has 0 N–H and O–H groups in total. The summed E-state index contributed by atoms with van der Waals surface area (Å²) in [5.74, 6) is 2.67. The molecule has 1 rings (SSSR count). The van der Waals surface area contributed by atoms with Crippen LogP contribution in [0.25, 0.3) is 0 Å². The molecule has 1 saturated heterocycles. The zero-order valence-electron chi connectivity index (χ0n) is 9.17. The fourth-order valence-electron chi connectivity index (χ4n) is 2.32. The van der Waals surface area contributed by atoms with Gasteiger partial charge in [-0.3, -0.25) is 0 Å². The van der Waals surface area contributed by atoms with Gasteiger partial charge in [-0.05, 0) is 31.6 Å². The lowest BCUT2D eigenvalue weighted by Crippen LogP contribution is -2.28. The zero-order chi connectivity index (χ0) is 9.30. The third-order valence-electron chi connectivity index (χ3n) is 3.29. The summed E-state index contributed by atoms with van der Waals surface area (Å²) in [6, 6.07) is 0.733. The Balaban J connectivity index is 2.50. The summed E-state index contributed by atoms with van der Waals surface area (Å²) in [7, 11) is 0. The van der Waals surface area contributed by atoms with Gasteiger partial charge in [0.2, 0.25) is 0 Å². The molecule has 1 heterocycles. The van der Waals surface area contributed by atoms with Crippen molar-refractivity contribution in [2.24, 2.45) is 17.8 Å². The van der Waals surface area contributed by atoms with E-state index in [1.165, 1.54) is 13.1 Å². The molecule has 0 radical (unpaired) electrons. The lowest BCUT2D eigenvalue weighted by Gasteiger charge is -2.21. The maximum Gasteiger partial charge on any atom is 0.00388 e. The second-order valence-corrected chi connectivity index (χ2v) is 4.93. The Morgan fingerprint density at radius 2 is 1.67 bits per heavy atom. The third kappa shape index (κ3) is 2.01. The summed E-state index contributed by atoms with van der Waals surface area (Å²) in [5, 5.41) is 0. The van der Waals surface area contributed by atoms with Crippen LogP contribution in [0.2, 0.25) is 0 Å². The van der Waals surface area contributed by atoms with E-state index in [-0.39, 0.29) is 0 Å². The van der Waals surface area contributed by atoms with Crippen LogP contribution in [0.15, 0.2) is 0 Å². The van der Waals surface area contributed by atoms with Crippen LogP contribution in [0.3, 0.4) is 0 Å². The Morgan fingerprint density at radius 3 is 1.92 bits per heavy atom. The first kappa shape index (κ1) is 10.0. The summed E-state index contributed by atoms with van der Waals surface area (Å²) in [6.45, 7) is 14.3. The van der Waals surface area contributed by atoms with E-state index in [4.69, 9.17) is 0 Å². The highest BCUT2D eigenvalue weighted by Crippen LogP contribution is 2.29.